The lowest BCUT2D eigenvalue weighted by atomic mass is 10.1. The molecule has 0 bridgehead atoms. The van der Waals surface area contributed by atoms with E-state index < -0.39 is 0 Å². The molecular formula is C11H14N4O. The second kappa shape index (κ2) is 4.85. The Morgan fingerprint density at radius 2 is 2.12 bits per heavy atom. The van der Waals surface area contributed by atoms with Gasteiger partial charge < -0.3 is 5.11 Å². The summed E-state index contributed by atoms with van der Waals surface area (Å²) in [5.74, 6) is 0.756. The van der Waals surface area contributed by atoms with E-state index in [4.69, 9.17) is 5.11 Å². The molecule has 5 nitrogen and oxygen atoms in total. The fourth-order valence-electron chi connectivity index (χ4n) is 1.59. The first kappa shape index (κ1) is 10.8. The standard InChI is InChI=1S/C11H14N4O/c1-9-5-2-3-6-10(9)11-12-13-14-15(11)7-4-8-16/h2-3,5-6,16H,4,7-8H2,1H3. The average molecular weight is 218 g/mol. The van der Waals surface area contributed by atoms with E-state index in [1.54, 1.807) is 4.68 Å². The SMILES string of the molecule is Cc1ccccc1-c1nnnn1CCCO. The second-order valence-corrected chi connectivity index (χ2v) is 3.62. The van der Waals surface area contributed by atoms with Crippen LogP contribution in [0.3, 0.4) is 0 Å². The largest absolute Gasteiger partial charge is 0.396 e. The van der Waals surface area contributed by atoms with E-state index in [1.807, 2.05) is 31.2 Å². The van der Waals surface area contributed by atoms with Gasteiger partial charge in [0, 0.05) is 18.7 Å². The molecule has 0 atom stereocenters. The van der Waals surface area contributed by atoms with Crippen LogP contribution in [-0.2, 0) is 6.54 Å². The number of benzene rings is 1. The summed E-state index contributed by atoms with van der Waals surface area (Å²) >= 11 is 0. The van der Waals surface area contributed by atoms with Crippen molar-refractivity contribution in [2.45, 2.75) is 19.9 Å². The fraction of sp³-hybridized carbons (Fsp3) is 0.364. The fourth-order valence-corrected chi connectivity index (χ4v) is 1.59. The maximum Gasteiger partial charge on any atom is 0.182 e. The van der Waals surface area contributed by atoms with Crippen molar-refractivity contribution in [1.29, 1.82) is 0 Å². The Labute approximate surface area is 93.7 Å². The Morgan fingerprint density at radius 3 is 2.88 bits per heavy atom. The van der Waals surface area contributed by atoms with Crippen molar-refractivity contribution >= 4 is 0 Å². The van der Waals surface area contributed by atoms with Crippen molar-refractivity contribution in [2.75, 3.05) is 6.61 Å². The maximum atomic E-state index is 8.80. The molecule has 2 rings (SSSR count). The van der Waals surface area contributed by atoms with Crippen LogP contribution in [0.15, 0.2) is 24.3 Å². The van der Waals surface area contributed by atoms with Crippen LogP contribution in [0.4, 0.5) is 0 Å². The molecule has 1 N–H and O–H groups in total. The summed E-state index contributed by atoms with van der Waals surface area (Å²) in [6.45, 7) is 2.81. The predicted octanol–water partition coefficient (Wildman–Crippen LogP) is 1.03. The zero-order chi connectivity index (χ0) is 11.4. The van der Waals surface area contributed by atoms with Gasteiger partial charge in [-0.2, -0.15) is 0 Å². The van der Waals surface area contributed by atoms with E-state index in [9.17, 15) is 0 Å². The minimum absolute atomic E-state index is 0.146. The van der Waals surface area contributed by atoms with Crippen molar-refractivity contribution in [3.63, 3.8) is 0 Å². The average Bonchev–Trinajstić information content (AvgIpc) is 2.75. The first-order chi connectivity index (χ1) is 7.83. The van der Waals surface area contributed by atoms with Crippen molar-refractivity contribution in [1.82, 2.24) is 20.2 Å². The number of hydrogen-bond donors (Lipinski definition) is 1. The summed E-state index contributed by atoms with van der Waals surface area (Å²) in [5.41, 5.74) is 2.17. The number of nitrogens with zero attached hydrogens (tertiary/aromatic N) is 4. The van der Waals surface area contributed by atoms with E-state index in [1.165, 1.54) is 0 Å². The molecule has 2 aromatic rings. The third-order valence-corrected chi connectivity index (χ3v) is 2.45. The van der Waals surface area contributed by atoms with Gasteiger partial charge in [-0.15, -0.1) is 5.10 Å². The molecule has 5 heteroatoms. The zero-order valence-electron chi connectivity index (χ0n) is 9.17. The van der Waals surface area contributed by atoms with Crippen LogP contribution in [0.5, 0.6) is 0 Å². The van der Waals surface area contributed by atoms with E-state index >= 15 is 0 Å². The van der Waals surface area contributed by atoms with Gasteiger partial charge in [0.15, 0.2) is 5.82 Å². The van der Waals surface area contributed by atoms with Crippen LogP contribution in [-0.4, -0.2) is 31.9 Å². The number of aryl methyl sites for hydroxylation is 2. The molecule has 0 fully saturated rings. The summed E-state index contributed by atoms with van der Waals surface area (Å²) in [5, 5.41) is 20.4. The molecular weight excluding hydrogens is 204 g/mol. The molecule has 1 heterocycles. The predicted molar refractivity (Wildman–Crippen MR) is 59.7 cm³/mol. The van der Waals surface area contributed by atoms with Gasteiger partial charge in [-0.1, -0.05) is 24.3 Å². The molecule has 0 spiro atoms. The third-order valence-electron chi connectivity index (χ3n) is 2.45. The number of hydrogen-bond acceptors (Lipinski definition) is 4. The third kappa shape index (κ3) is 2.09. The van der Waals surface area contributed by atoms with Crippen LogP contribution in [0, 0.1) is 6.92 Å². The molecule has 0 unspecified atom stereocenters. The van der Waals surface area contributed by atoms with E-state index in [0.717, 1.165) is 17.0 Å². The molecule has 16 heavy (non-hydrogen) atoms. The van der Waals surface area contributed by atoms with Gasteiger partial charge in [-0.3, -0.25) is 0 Å². The minimum Gasteiger partial charge on any atom is -0.396 e. The van der Waals surface area contributed by atoms with E-state index in [2.05, 4.69) is 15.5 Å². The molecule has 1 aromatic heterocycles. The summed E-state index contributed by atoms with van der Waals surface area (Å²) in [4.78, 5) is 0. The number of aromatic nitrogens is 4. The normalized spacial score (nSPS) is 10.6. The first-order valence-corrected chi connectivity index (χ1v) is 5.26. The zero-order valence-corrected chi connectivity index (χ0v) is 9.17. The number of aliphatic hydroxyl groups is 1. The van der Waals surface area contributed by atoms with E-state index in [-0.39, 0.29) is 6.61 Å². The van der Waals surface area contributed by atoms with Gasteiger partial charge in [-0.25, -0.2) is 4.68 Å². The number of rotatable bonds is 4. The van der Waals surface area contributed by atoms with Gasteiger partial charge in [-0.05, 0) is 29.3 Å². The quantitative estimate of drug-likeness (QED) is 0.832. The highest BCUT2D eigenvalue weighted by Gasteiger charge is 2.09. The summed E-state index contributed by atoms with van der Waals surface area (Å²) in [6, 6.07) is 7.98. The minimum atomic E-state index is 0.146. The van der Waals surface area contributed by atoms with E-state index in [0.29, 0.717) is 13.0 Å². The van der Waals surface area contributed by atoms with Crippen LogP contribution in [0.2, 0.25) is 0 Å². The van der Waals surface area contributed by atoms with Gasteiger partial charge in [0.1, 0.15) is 0 Å². The van der Waals surface area contributed by atoms with Gasteiger partial charge in [0.05, 0.1) is 0 Å². The number of aliphatic hydroxyl groups excluding tert-OH is 1. The monoisotopic (exact) mass is 218 g/mol. The lowest BCUT2D eigenvalue weighted by Crippen LogP contribution is -2.05. The molecule has 0 saturated heterocycles. The molecule has 0 radical (unpaired) electrons. The topological polar surface area (TPSA) is 63.8 Å². The molecule has 1 aromatic carbocycles. The van der Waals surface area contributed by atoms with Gasteiger partial charge in [0.2, 0.25) is 0 Å². The smallest absolute Gasteiger partial charge is 0.182 e. The highest BCUT2D eigenvalue weighted by atomic mass is 16.3. The van der Waals surface area contributed by atoms with Gasteiger partial charge in [0.25, 0.3) is 0 Å². The lowest BCUT2D eigenvalue weighted by Gasteiger charge is -2.05. The molecule has 0 saturated carbocycles. The Bertz CT molecular complexity index is 467. The summed E-state index contributed by atoms with van der Waals surface area (Å²) in [6.07, 6.45) is 0.657. The Kier molecular flexibility index (Phi) is 3.26. The highest BCUT2D eigenvalue weighted by molar-refractivity contribution is 5.59. The second-order valence-electron chi connectivity index (χ2n) is 3.62. The highest BCUT2D eigenvalue weighted by Crippen LogP contribution is 2.19. The van der Waals surface area contributed by atoms with Crippen molar-refractivity contribution in [3.8, 4) is 11.4 Å². The Morgan fingerprint density at radius 1 is 1.31 bits per heavy atom. The Hall–Kier alpha value is -1.75. The van der Waals surface area contributed by atoms with Crippen molar-refractivity contribution < 1.29 is 5.11 Å². The van der Waals surface area contributed by atoms with Crippen LogP contribution < -0.4 is 0 Å². The molecule has 0 aliphatic carbocycles. The molecule has 84 valence electrons. The van der Waals surface area contributed by atoms with Gasteiger partial charge >= 0.3 is 0 Å². The molecule has 0 aliphatic heterocycles. The number of tetrazole rings is 1. The van der Waals surface area contributed by atoms with Crippen LogP contribution in [0.25, 0.3) is 11.4 Å². The Balaban J connectivity index is 2.33. The van der Waals surface area contributed by atoms with Crippen molar-refractivity contribution in [3.05, 3.63) is 29.8 Å². The first-order valence-electron chi connectivity index (χ1n) is 5.26. The van der Waals surface area contributed by atoms with Crippen LogP contribution in [0.1, 0.15) is 12.0 Å². The summed E-state index contributed by atoms with van der Waals surface area (Å²) in [7, 11) is 0. The lowest BCUT2D eigenvalue weighted by molar-refractivity contribution is 0.276. The van der Waals surface area contributed by atoms with Crippen molar-refractivity contribution in [2.24, 2.45) is 0 Å². The molecule has 0 aliphatic rings. The summed E-state index contributed by atoms with van der Waals surface area (Å²) < 4.78 is 1.72. The molecule has 0 amide bonds. The van der Waals surface area contributed by atoms with Crippen LogP contribution >= 0.6 is 0 Å². The maximum absolute atomic E-state index is 8.80.